The van der Waals surface area contributed by atoms with Crippen LogP contribution in [0, 0.1) is 130 Å². The van der Waals surface area contributed by atoms with E-state index < -0.39 is 14.2 Å². The molecule has 0 aliphatic carbocycles. The summed E-state index contributed by atoms with van der Waals surface area (Å²) in [5.41, 5.74) is 12.8. The summed E-state index contributed by atoms with van der Waals surface area (Å²) in [5, 5.41) is 28.2. The minimum atomic E-state index is -1.26. The van der Waals surface area contributed by atoms with E-state index in [1.54, 1.807) is 0 Å². The smallest absolute Gasteiger partial charge is 0.400 e. The average molecular weight is 767 g/mol. The Hall–Kier alpha value is -3.09. The van der Waals surface area contributed by atoms with Crippen LogP contribution in [0.25, 0.3) is 0 Å². The van der Waals surface area contributed by atoms with Gasteiger partial charge in [0.15, 0.2) is 0 Å². The van der Waals surface area contributed by atoms with Gasteiger partial charge in [-0.1, -0.05) is 0 Å². The summed E-state index contributed by atoms with van der Waals surface area (Å²) in [4.78, 5) is 0. The molecule has 6 aromatic heterocycles. The molecule has 15 heteroatoms. The molecule has 0 fully saturated rings. The molecule has 6 rings (SSSR count). The van der Waals surface area contributed by atoms with Crippen molar-refractivity contribution in [1.29, 1.82) is 0 Å². The van der Waals surface area contributed by atoms with Gasteiger partial charge in [-0.2, -0.15) is 0 Å². The Morgan fingerprint density at radius 2 is 0.444 bits per heavy atom. The molecule has 0 aliphatic heterocycles. The van der Waals surface area contributed by atoms with Gasteiger partial charge in [-0.3, -0.25) is 0 Å². The van der Waals surface area contributed by atoms with Crippen LogP contribution in [0.1, 0.15) is 68.3 Å². The van der Waals surface area contributed by atoms with E-state index in [1.165, 1.54) is 0 Å². The van der Waals surface area contributed by atoms with Crippen LogP contribution in [0.3, 0.4) is 0 Å². The third-order valence-corrected chi connectivity index (χ3v) is 8.23. The standard InChI is InChI=1S/2C15H22BN6.Yb/c2*1-10-7-13(4)20(17-10)16(21-14(5)8-11(2)18-21)22-15(6)9-12(3)19-22;/h2*7-9,16H,1-6H3;/q2*-1;+2. The van der Waals surface area contributed by atoms with Crippen molar-refractivity contribution in [2.24, 2.45) is 0 Å². The largest absolute Gasteiger partial charge is 2.00 e. The topological polar surface area (TPSA) is 107 Å². The molecule has 45 heavy (non-hydrogen) atoms. The molecule has 0 spiro atoms. The number of rotatable bonds is 6. The van der Waals surface area contributed by atoms with Gasteiger partial charge in [0, 0.05) is 0 Å². The monoisotopic (exact) mass is 768 g/mol. The van der Waals surface area contributed by atoms with E-state index in [1.807, 2.05) is 41.5 Å². The van der Waals surface area contributed by atoms with Gasteiger partial charge in [0.25, 0.3) is 0 Å². The summed E-state index contributed by atoms with van der Waals surface area (Å²) in [6.45, 7) is 24.6. The molecule has 0 radical (unpaired) electrons. The van der Waals surface area contributed by atoms with Crippen LogP contribution < -0.4 is 0 Å². The van der Waals surface area contributed by atoms with Crippen molar-refractivity contribution in [3.8, 4) is 0 Å². The van der Waals surface area contributed by atoms with Crippen LogP contribution in [0.5, 0.6) is 0 Å². The molecule has 12 nitrogen and oxygen atoms in total. The van der Waals surface area contributed by atoms with Crippen LogP contribution in [0.4, 0.5) is 0 Å². The van der Waals surface area contributed by atoms with E-state index in [4.69, 9.17) is 30.6 Å². The first kappa shape index (κ1) is 34.8. The summed E-state index contributed by atoms with van der Waals surface area (Å²) in [7, 11) is -2.52. The van der Waals surface area contributed by atoms with E-state index >= 15 is 0 Å². The van der Waals surface area contributed by atoms with Crippen molar-refractivity contribution < 1.29 is 46.9 Å². The summed E-state index contributed by atoms with van der Waals surface area (Å²) in [6, 6.07) is 12.6. The zero-order valence-corrected chi connectivity index (χ0v) is 30.2. The van der Waals surface area contributed by atoms with Crippen LogP contribution in [0.2, 0.25) is 0 Å². The molecule has 0 aromatic carbocycles. The van der Waals surface area contributed by atoms with E-state index in [0.29, 0.717) is 0 Å². The first-order valence-electron chi connectivity index (χ1n) is 15.2. The Labute approximate surface area is 304 Å². The van der Waals surface area contributed by atoms with E-state index in [2.05, 4.69) is 105 Å². The maximum Gasteiger partial charge on any atom is 2.00 e. The summed E-state index contributed by atoms with van der Waals surface area (Å²) in [5.74, 6) is 0. The van der Waals surface area contributed by atoms with Gasteiger partial charge in [0.1, 0.15) is 0 Å². The molecule has 0 aliphatic rings. The SMILES string of the molecule is Cc1cc(C)n([BH-](n2nc(C)cc2C)n2nc(C)cc2C)n1.Cc1cc(C)n([BH-](n2nc(C)cc2C)n2nc(C)cc2C)n1.[Yb+2]. The predicted molar refractivity (Wildman–Crippen MR) is 177 cm³/mol. The molecule has 0 saturated carbocycles. The molecule has 0 unspecified atom stereocenters. The Morgan fingerprint density at radius 1 is 0.311 bits per heavy atom. The molecule has 6 heterocycles. The van der Waals surface area contributed by atoms with Crippen molar-refractivity contribution in [1.82, 2.24) is 58.1 Å². The number of hydrogen-bond acceptors (Lipinski definition) is 6. The van der Waals surface area contributed by atoms with Crippen molar-refractivity contribution in [2.45, 2.75) is 83.1 Å². The third kappa shape index (κ3) is 7.17. The predicted octanol–water partition coefficient (Wildman–Crippen LogP) is 3.58. The van der Waals surface area contributed by atoms with Gasteiger partial charge in [-0.05, 0) is 154 Å². The van der Waals surface area contributed by atoms with Crippen molar-refractivity contribution in [2.75, 3.05) is 0 Å². The maximum absolute atomic E-state index is 4.70. The second kappa shape index (κ2) is 13.7. The summed E-state index contributed by atoms with van der Waals surface area (Å²) < 4.78 is 12.4. The zero-order valence-electron chi connectivity index (χ0n) is 28.5. The fourth-order valence-corrected chi connectivity index (χ4v) is 6.53. The minimum absolute atomic E-state index is 0. The number of hydrogen-bond donors (Lipinski definition) is 0. The normalized spacial score (nSPS) is 11.3. The molecule has 0 bridgehead atoms. The molecular weight excluding hydrogens is 723 g/mol. The van der Waals surface area contributed by atoms with Gasteiger partial charge >= 0.3 is 61.2 Å². The first-order valence-corrected chi connectivity index (χ1v) is 15.2. The van der Waals surface area contributed by atoms with E-state index in [9.17, 15) is 0 Å². The summed E-state index contributed by atoms with van der Waals surface area (Å²) >= 11 is 0. The molecule has 0 amide bonds. The van der Waals surface area contributed by atoms with Crippen LogP contribution >= 0.6 is 0 Å². The second-order valence-corrected chi connectivity index (χ2v) is 12.4. The van der Waals surface area contributed by atoms with Gasteiger partial charge < -0.3 is 27.6 Å². The third-order valence-electron chi connectivity index (χ3n) is 8.23. The molecule has 0 N–H and O–H groups in total. The van der Waals surface area contributed by atoms with Crippen LogP contribution in [-0.4, -0.2) is 72.4 Å². The quantitative estimate of drug-likeness (QED) is 0.240. The minimum Gasteiger partial charge on any atom is -0.400 e. The Kier molecular flexibility index (Phi) is 10.6. The Morgan fingerprint density at radius 3 is 0.533 bits per heavy atom. The molecular formula is C30H44B2N12Yb. The molecule has 6 aromatic rings. The van der Waals surface area contributed by atoms with Gasteiger partial charge in [-0.15, -0.1) is 0 Å². The van der Waals surface area contributed by atoms with Crippen molar-refractivity contribution in [3.63, 3.8) is 0 Å². The van der Waals surface area contributed by atoms with Gasteiger partial charge in [-0.25, -0.2) is 30.6 Å². The second-order valence-electron chi connectivity index (χ2n) is 12.4. The molecule has 244 valence electrons. The molecule has 0 atom stereocenters. The van der Waals surface area contributed by atoms with Gasteiger partial charge in [0.2, 0.25) is 0 Å². The van der Waals surface area contributed by atoms with E-state index in [-0.39, 0.29) is 46.9 Å². The number of nitrogens with zero attached hydrogens (tertiary/aromatic N) is 12. The average Bonchev–Trinajstić information content (AvgIpc) is 3.74. The van der Waals surface area contributed by atoms with Crippen molar-refractivity contribution >= 4 is 14.2 Å². The maximum atomic E-state index is 4.70. The first-order chi connectivity index (χ1) is 20.7. The van der Waals surface area contributed by atoms with Crippen LogP contribution in [-0.2, 0) is 0 Å². The van der Waals surface area contributed by atoms with E-state index in [0.717, 1.165) is 68.3 Å². The summed E-state index contributed by atoms with van der Waals surface area (Å²) in [6.07, 6.45) is 0. The zero-order chi connectivity index (χ0) is 32.0. The molecule has 0 saturated heterocycles. The Bertz CT molecular complexity index is 1580. The fourth-order valence-electron chi connectivity index (χ4n) is 6.53. The van der Waals surface area contributed by atoms with Gasteiger partial charge in [0.05, 0.1) is 34.2 Å². The van der Waals surface area contributed by atoms with Crippen molar-refractivity contribution in [3.05, 3.63) is 105 Å². The number of aromatic nitrogens is 12. The fraction of sp³-hybridized carbons (Fsp3) is 0.400. The van der Waals surface area contributed by atoms with Crippen LogP contribution in [0.15, 0.2) is 36.4 Å². The number of aryl methyl sites for hydroxylation is 12. The Balaban J connectivity index is 0.000000200.